The number of hydrogen-bond donors (Lipinski definition) is 2. The van der Waals surface area contributed by atoms with E-state index in [1.807, 2.05) is 0 Å². The standard InChI is InChI=1S/C9H9F2NO2/c10-5-1-2-6(8(11)3-5)7(4-12)9(13)14/h1-3,7H,4,12H2,(H,13,14). The van der Waals surface area contributed by atoms with Crippen LogP contribution in [0.4, 0.5) is 8.78 Å². The molecule has 76 valence electrons. The van der Waals surface area contributed by atoms with E-state index in [1.165, 1.54) is 0 Å². The monoisotopic (exact) mass is 201 g/mol. The van der Waals surface area contributed by atoms with Crippen LogP contribution in [0.15, 0.2) is 18.2 Å². The van der Waals surface area contributed by atoms with Gasteiger partial charge in [-0.05, 0) is 6.07 Å². The lowest BCUT2D eigenvalue weighted by Gasteiger charge is -2.10. The van der Waals surface area contributed by atoms with Gasteiger partial charge in [0, 0.05) is 18.2 Å². The highest BCUT2D eigenvalue weighted by molar-refractivity contribution is 5.76. The molecule has 1 atom stereocenters. The lowest BCUT2D eigenvalue weighted by atomic mass is 9.99. The number of carbonyl (C=O) groups is 1. The minimum Gasteiger partial charge on any atom is -0.481 e. The molecule has 1 rings (SSSR count). The molecule has 0 bridgehead atoms. The van der Waals surface area contributed by atoms with Gasteiger partial charge >= 0.3 is 5.97 Å². The molecule has 0 aromatic heterocycles. The van der Waals surface area contributed by atoms with Crippen molar-refractivity contribution in [2.24, 2.45) is 5.73 Å². The van der Waals surface area contributed by atoms with Gasteiger partial charge in [-0.15, -0.1) is 0 Å². The normalized spacial score (nSPS) is 12.5. The van der Waals surface area contributed by atoms with E-state index in [-0.39, 0.29) is 12.1 Å². The number of carboxylic acid groups (broad SMARTS) is 1. The molecule has 3 N–H and O–H groups in total. The van der Waals surface area contributed by atoms with Crippen LogP contribution < -0.4 is 5.73 Å². The Balaban J connectivity index is 3.10. The van der Waals surface area contributed by atoms with Crippen LogP contribution in [0, 0.1) is 11.6 Å². The lowest BCUT2D eigenvalue weighted by Crippen LogP contribution is -2.22. The Morgan fingerprint density at radius 2 is 2.14 bits per heavy atom. The van der Waals surface area contributed by atoms with E-state index >= 15 is 0 Å². The van der Waals surface area contributed by atoms with Gasteiger partial charge in [-0.1, -0.05) is 6.07 Å². The number of hydrogen-bond acceptors (Lipinski definition) is 2. The maximum atomic E-state index is 13.1. The van der Waals surface area contributed by atoms with E-state index < -0.39 is 23.5 Å². The van der Waals surface area contributed by atoms with Crippen molar-refractivity contribution < 1.29 is 18.7 Å². The van der Waals surface area contributed by atoms with Gasteiger partial charge in [0.25, 0.3) is 0 Å². The van der Waals surface area contributed by atoms with Crippen molar-refractivity contribution in [1.82, 2.24) is 0 Å². The number of benzene rings is 1. The molecule has 14 heavy (non-hydrogen) atoms. The number of halogens is 2. The van der Waals surface area contributed by atoms with E-state index in [0.717, 1.165) is 12.1 Å². The number of nitrogens with two attached hydrogens (primary N) is 1. The summed E-state index contributed by atoms with van der Waals surface area (Å²) >= 11 is 0. The molecule has 0 saturated carbocycles. The number of rotatable bonds is 3. The van der Waals surface area contributed by atoms with Crippen molar-refractivity contribution in [2.75, 3.05) is 6.54 Å². The predicted octanol–water partition coefficient (Wildman–Crippen LogP) is 1.09. The summed E-state index contributed by atoms with van der Waals surface area (Å²) in [5.74, 6) is -3.98. The van der Waals surface area contributed by atoms with Crippen LogP contribution in [0.3, 0.4) is 0 Å². The van der Waals surface area contributed by atoms with Crippen LogP contribution in [-0.2, 0) is 4.79 Å². The van der Waals surface area contributed by atoms with Crippen LogP contribution in [-0.4, -0.2) is 17.6 Å². The number of carboxylic acids is 1. The third-order valence-electron chi connectivity index (χ3n) is 1.87. The summed E-state index contributed by atoms with van der Waals surface area (Å²) < 4.78 is 25.6. The Bertz CT molecular complexity index is 355. The zero-order valence-electron chi connectivity index (χ0n) is 7.21. The van der Waals surface area contributed by atoms with Gasteiger partial charge in [0.1, 0.15) is 11.6 Å². The van der Waals surface area contributed by atoms with E-state index in [0.29, 0.717) is 6.07 Å². The molecule has 0 heterocycles. The first-order valence-electron chi connectivity index (χ1n) is 3.94. The van der Waals surface area contributed by atoms with E-state index in [2.05, 4.69) is 0 Å². The van der Waals surface area contributed by atoms with Crippen molar-refractivity contribution in [1.29, 1.82) is 0 Å². The SMILES string of the molecule is NCC(C(=O)O)c1ccc(F)cc1F. The third-order valence-corrected chi connectivity index (χ3v) is 1.87. The highest BCUT2D eigenvalue weighted by Gasteiger charge is 2.21. The summed E-state index contributed by atoms with van der Waals surface area (Å²) in [4.78, 5) is 10.6. The summed E-state index contributed by atoms with van der Waals surface area (Å²) in [6.07, 6.45) is 0. The Hall–Kier alpha value is -1.49. The highest BCUT2D eigenvalue weighted by Crippen LogP contribution is 2.19. The molecule has 1 aromatic rings. The van der Waals surface area contributed by atoms with E-state index in [9.17, 15) is 13.6 Å². The van der Waals surface area contributed by atoms with Crippen LogP contribution in [0.25, 0.3) is 0 Å². The Labute approximate surface area is 79.2 Å². The Kier molecular flexibility index (Phi) is 3.14. The van der Waals surface area contributed by atoms with Crippen LogP contribution in [0.5, 0.6) is 0 Å². The second-order valence-corrected chi connectivity index (χ2v) is 2.79. The van der Waals surface area contributed by atoms with Gasteiger partial charge in [-0.2, -0.15) is 0 Å². The van der Waals surface area contributed by atoms with E-state index in [4.69, 9.17) is 10.8 Å². The summed E-state index contributed by atoms with van der Waals surface area (Å²) in [6, 6.07) is 2.74. The predicted molar refractivity (Wildman–Crippen MR) is 45.8 cm³/mol. The molecule has 0 aliphatic carbocycles. The summed E-state index contributed by atoms with van der Waals surface area (Å²) in [6.45, 7) is -0.224. The molecule has 0 aliphatic heterocycles. The summed E-state index contributed by atoms with van der Waals surface area (Å²) in [7, 11) is 0. The van der Waals surface area contributed by atoms with Crippen molar-refractivity contribution in [3.63, 3.8) is 0 Å². The molecule has 0 amide bonds. The van der Waals surface area contributed by atoms with Gasteiger partial charge in [0.15, 0.2) is 0 Å². The molecule has 0 saturated heterocycles. The van der Waals surface area contributed by atoms with Crippen LogP contribution >= 0.6 is 0 Å². The van der Waals surface area contributed by atoms with Crippen LogP contribution in [0.1, 0.15) is 11.5 Å². The van der Waals surface area contributed by atoms with Gasteiger partial charge < -0.3 is 10.8 Å². The molecule has 1 unspecified atom stereocenters. The van der Waals surface area contributed by atoms with Gasteiger partial charge in [-0.3, -0.25) is 4.79 Å². The Morgan fingerprint density at radius 3 is 2.57 bits per heavy atom. The maximum absolute atomic E-state index is 13.1. The fourth-order valence-corrected chi connectivity index (χ4v) is 1.14. The lowest BCUT2D eigenvalue weighted by molar-refractivity contribution is -0.138. The first kappa shape index (κ1) is 10.6. The van der Waals surface area contributed by atoms with Crippen molar-refractivity contribution in [3.8, 4) is 0 Å². The molecule has 3 nitrogen and oxygen atoms in total. The average molecular weight is 201 g/mol. The van der Waals surface area contributed by atoms with Gasteiger partial charge in [0.05, 0.1) is 5.92 Å². The third kappa shape index (κ3) is 2.05. The molecule has 0 radical (unpaired) electrons. The maximum Gasteiger partial charge on any atom is 0.312 e. The molecule has 5 heteroatoms. The minimum atomic E-state index is -1.22. The van der Waals surface area contributed by atoms with Gasteiger partial charge in [0.2, 0.25) is 0 Å². The fraction of sp³-hybridized carbons (Fsp3) is 0.222. The first-order chi connectivity index (χ1) is 6.56. The smallest absolute Gasteiger partial charge is 0.312 e. The molecular weight excluding hydrogens is 192 g/mol. The van der Waals surface area contributed by atoms with Crippen molar-refractivity contribution >= 4 is 5.97 Å². The molecule has 1 aromatic carbocycles. The zero-order valence-corrected chi connectivity index (χ0v) is 7.21. The zero-order chi connectivity index (χ0) is 10.7. The summed E-state index contributed by atoms with van der Waals surface area (Å²) in [5, 5.41) is 8.68. The second kappa shape index (κ2) is 4.15. The first-order valence-corrected chi connectivity index (χ1v) is 3.94. The second-order valence-electron chi connectivity index (χ2n) is 2.79. The largest absolute Gasteiger partial charge is 0.481 e. The van der Waals surface area contributed by atoms with Crippen LogP contribution in [0.2, 0.25) is 0 Å². The minimum absolute atomic E-state index is 0.0959. The Morgan fingerprint density at radius 1 is 1.50 bits per heavy atom. The topological polar surface area (TPSA) is 63.3 Å². The van der Waals surface area contributed by atoms with Crippen molar-refractivity contribution in [2.45, 2.75) is 5.92 Å². The molecule has 0 spiro atoms. The van der Waals surface area contributed by atoms with Gasteiger partial charge in [-0.25, -0.2) is 8.78 Å². The number of aliphatic carboxylic acids is 1. The average Bonchev–Trinajstić information content (AvgIpc) is 2.09. The quantitative estimate of drug-likeness (QED) is 0.769. The highest BCUT2D eigenvalue weighted by atomic mass is 19.1. The molecule has 0 aliphatic rings. The summed E-state index contributed by atoms with van der Waals surface area (Å²) in [5.41, 5.74) is 5.08. The molecule has 0 fully saturated rings. The van der Waals surface area contributed by atoms with Crippen molar-refractivity contribution in [3.05, 3.63) is 35.4 Å². The van der Waals surface area contributed by atoms with E-state index in [1.54, 1.807) is 0 Å². The molecular formula is C9H9F2NO2. The fourth-order valence-electron chi connectivity index (χ4n) is 1.14.